The molecule has 0 radical (unpaired) electrons. The summed E-state index contributed by atoms with van der Waals surface area (Å²) in [6.07, 6.45) is 2.43. The van der Waals surface area contributed by atoms with Crippen LogP contribution >= 0.6 is 24.0 Å². The summed E-state index contributed by atoms with van der Waals surface area (Å²) in [6, 6.07) is 6.29. The first-order valence-corrected chi connectivity index (χ1v) is 11.7. The molecule has 0 spiro atoms. The van der Waals surface area contributed by atoms with Gasteiger partial charge in [-0.2, -0.15) is 0 Å². The molecule has 1 heterocycles. The van der Waals surface area contributed by atoms with E-state index in [2.05, 4.69) is 47.6 Å². The largest absolute Gasteiger partial charge is 0.491 e. The molecular formula is C24H43IN4O3. The Kier molecular flexibility index (Phi) is 15.7. The van der Waals surface area contributed by atoms with Crippen LogP contribution in [0, 0.1) is 12.8 Å². The van der Waals surface area contributed by atoms with Crippen LogP contribution in [-0.2, 0) is 16.0 Å². The van der Waals surface area contributed by atoms with Gasteiger partial charge in [-0.15, -0.1) is 24.0 Å². The van der Waals surface area contributed by atoms with Crippen LogP contribution in [-0.4, -0.2) is 77.1 Å². The van der Waals surface area contributed by atoms with E-state index in [9.17, 15) is 0 Å². The zero-order valence-corrected chi connectivity index (χ0v) is 22.7. The predicted molar refractivity (Wildman–Crippen MR) is 142 cm³/mol. The maximum atomic E-state index is 5.96. The Labute approximate surface area is 211 Å². The van der Waals surface area contributed by atoms with Crippen molar-refractivity contribution in [2.24, 2.45) is 10.9 Å². The Morgan fingerprint density at radius 2 is 1.91 bits per heavy atom. The van der Waals surface area contributed by atoms with Crippen LogP contribution in [0.1, 0.15) is 37.8 Å². The van der Waals surface area contributed by atoms with Gasteiger partial charge in [-0.05, 0) is 64.3 Å². The second-order valence-electron chi connectivity index (χ2n) is 8.01. The molecule has 2 rings (SSSR count). The number of hydrogen-bond donors (Lipinski definition) is 2. The number of ether oxygens (including phenoxy) is 3. The van der Waals surface area contributed by atoms with Gasteiger partial charge in [0.1, 0.15) is 12.4 Å². The van der Waals surface area contributed by atoms with Gasteiger partial charge in [0.25, 0.3) is 0 Å². The van der Waals surface area contributed by atoms with E-state index in [4.69, 9.17) is 19.2 Å². The maximum Gasteiger partial charge on any atom is 0.191 e. The summed E-state index contributed by atoms with van der Waals surface area (Å²) in [7, 11) is 1.77. The summed E-state index contributed by atoms with van der Waals surface area (Å²) in [5.74, 6) is 2.44. The second-order valence-corrected chi connectivity index (χ2v) is 8.01. The van der Waals surface area contributed by atoms with E-state index < -0.39 is 0 Å². The number of guanidine groups is 1. The third-order valence-electron chi connectivity index (χ3n) is 5.54. The van der Waals surface area contributed by atoms with Gasteiger partial charge in [0.15, 0.2) is 5.96 Å². The number of piperidine rings is 1. The summed E-state index contributed by atoms with van der Waals surface area (Å²) in [5, 5.41) is 6.92. The van der Waals surface area contributed by atoms with E-state index in [0.29, 0.717) is 32.3 Å². The highest BCUT2D eigenvalue weighted by Crippen LogP contribution is 2.21. The molecule has 0 bridgehead atoms. The molecule has 0 aliphatic carbocycles. The van der Waals surface area contributed by atoms with Gasteiger partial charge in [-0.1, -0.05) is 12.1 Å². The first-order chi connectivity index (χ1) is 15.2. The number of halogens is 1. The van der Waals surface area contributed by atoms with Crippen LogP contribution in [0.5, 0.6) is 5.75 Å². The SMILES string of the molecule is CCNC(=NCc1ccc(C)cc1OCCOCC)NCC1CCN(CCOC)CC1.I. The lowest BCUT2D eigenvalue weighted by atomic mass is 9.97. The van der Waals surface area contributed by atoms with Crippen LogP contribution in [0.25, 0.3) is 0 Å². The van der Waals surface area contributed by atoms with Crippen LogP contribution in [0.15, 0.2) is 23.2 Å². The van der Waals surface area contributed by atoms with Crippen molar-refractivity contribution in [2.75, 3.05) is 66.3 Å². The smallest absolute Gasteiger partial charge is 0.191 e. The molecule has 2 N–H and O–H groups in total. The average molecular weight is 563 g/mol. The van der Waals surface area contributed by atoms with E-state index in [0.717, 1.165) is 56.6 Å². The van der Waals surface area contributed by atoms with Gasteiger partial charge in [-0.25, -0.2) is 4.99 Å². The van der Waals surface area contributed by atoms with Crippen molar-refractivity contribution < 1.29 is 14.2 Å². The van der Waals surface area contributed by atoms with Crippen molar-refractivity contribution in [1.29, 1.82) is 0 Å². The first-order valence-electron chi connectivity index (χ1n) is 11.7. The molecule has 1 aromatic rings. The van der Waals surface area contributed by atoms with E-state index in [1.165, 1.54) is 18.4 Å². The van der Waals surface area contributed by atoms with Crippen LogP contribution in [0.2, 0.25) is 0 Å². The molecule has 0 aromatic heterocycles. The van der Waals surface area contributed by atoms with Crippen molar-refractivity contribution in [2.45, 2.75) is 40.2 Å². The number of aryl methyl sites for hydroxylation is 1. The molecule has 7 nitrogen and oxygen atoms in total. The fraction of sp³-hybridized carbons (Fsp3) is 0.708. The molecule has 0 amide bonds. The zero-order valence-electron chi connectivity index (χ0n) is 20.3. The van der Waals surface area contributed by atoms with Gasteiger partial charge in [-0.3, -0.25) is 0 Å². The van der Waals surface area contributed by atoms with Gasteiger partial charge < -0.3 is 29.7 Å². The molecule has 0 unspecified atom stereocenters. The Bertz CT molecular complexity index is 652. The number of nitrogens with zero attached hydrogens (tertiary/aromatic N) is 2. The van der Waals surface area contributed by atoms with Gasteiger partial charge in [0.2, 0.25) is 0 Å². The topological polar surface area (TPSA) is 67.4 Å². The Hall–Kier alpha value is -1.10. The number of nitrogens with one attached hydrogen (secondary N) is 2. The predicted octanol–water partition coefficient (Wildman–Crippen LogP) is 3.44. The molecule has 32 heavy (non-hydrogen) atoms. The molecule has 8 heteroatoms. The van der Waals surface area contributed by atoms with Crippen LogP contribution in [0.3, 0.4) is 0 Å². The molecule has 1 aromatic carbocycles. The summed E-state index contributed by atoms with van der Waals surface area (Å²) in [5.41, 5.74) is 2.27. The molecule has 1 saturated heterocycles. The van der Waals surface area contributed by atoms with Crippen molar-refractivity contribution in [1.82, 2.24) is 15.5 Å². The summed E-state index contributed by atoms with van der Waals surface area (Å²) in [4.78, 5) is 7.30. The molecule has 0 atom stereocenters. The lowest BCUT2D eigenvalue weighted by Crippen LogP contribution is -2.43. The summed E-state index contributed by atoms with van der Waals surface area (Å²) >= 11 is 0. The van der Waals surface area contributed by atoms with Crippen molar-refractivity contribution in [3.05, 3.63) is 29.3 Å². The van der Waals surface area contributed by atoms with E-state index in [-0.39, 0.29) is 24.0 Å². The Morgan fingerprint density at radius 3 is 2.59 bits per heavy atom. The summed E-state index contributed by atoms with van der Waals surface area (Å²) < 4.78 is 16.5. The van der Waals surface area contributed by atoms with Gasteiger partial charge >= 0.3 is 0 Å². The molecular weight excluding hydrogens is 519 g/mol. The van der Waals surface area contributed by atoms with Crippen molar-refractivity contribution in [3.63, 3.8) is 0 Å². The quantitative estimate of drug-likeness (QED) is 0.166. The number of benzene rings is 1. The monoisotopic (exact) mass is 562 g/mol. The second kappa shape index (κ2) is 17.4. The first kappa shape index (κ1) is 28.9. The fourth-order valence-corrected chi connectivity index (χ4v) is 3.66. The summed E-state index contributed by atoms with van der Waals surface area (Å²) in [6.45, 7) is 14.5. The standard InChI is InChI=1S/C24H42N4O3.HI/c1-5-25-24(26-18-21-9-11-28(12-10-21)13-14-29-4)27-19-22-8-7-20(3)17-23(22)31-16-15-30-6-2;/h7-8,17,21H,5-6,9-16,18-19H2,1-4H3,(H2,25,26,27);1H. The van der Waals surface area contributed by atoms with Crippen molar-refractivity contribution in [3.8, 4) is 5.75 Å². The number of hydrogen-bond acceptors (Lipinski definition) is 5. The number of rotatable bonds is 13. The lowest BCUT2D eigenvalue weighted by Gasteiger charge is -2.32. The van der Waals surface area contributed by atoms with Crippen molar-refractivity contribution >= 4 is 29.9 Å². The number of likely N-dealkylation sites (tertiary alicyclic amines) is 1. The minimum atomic E-state index is 0. The highest BCUT2D eigenvalue weighted by Gasteiger charge is 2.19. The van der Waals surface area contributed by atoms with Crippen LogP contribution < -0.4 is 15.4 Å². The Balaban J connectivity index is 0.00000512. The Morgan fingerprint density at radius 1 is 1.12 bits per heavy atom. The third kappa shape index (κ3) is 11.2. The van der Waals surface area contributed by atoms with Gasteiger partial charge in [0, 0.05) is 38.9 Å². The zero-order chi connectivity index (χ0) is 22.3. The third-order valence-corrected chi connectivity index (χ3v) is 5.54. The fourth-order valence-electron chi connectivity index (χ4n) is 3.66. The molecule has 1 fully saturated rings. The van der Waals surface area contributed by atoms with E-state index in [1.54, 1.807) is 7.11 Å². The molecule has 184 valence electrons. The molecule has 0 saturated carbocycles. The number of aliphatic imine (C=N–C) groups is 1. The van der Waals surface area contributed by atoms with E-state index in [1.807, 2.05) is 6.92 Å². The maximum absolute atomic E-state index is 5.96. The lowest BCUT2D eigenvalue weighted by molar-refractivity contribution is 0.110. The highest BCUT2D eigenvalue weighted by molar-refractivity contribution is 14.0. The van der Waals surface area contributed by atoms with Crippen LogP contribution in [0.4, 0.5) is 0 Å². The van der Waals surface area contributed by atoms with E-state index >= 15 is 0 Å². The minimum Gasteiger partial charge on any atom is -0.491 e. The average Bonchev–Trinajstić information content (AvgIpc) is 2.78. The van der Waals surface area contributed by atoms with Gasteiger partial charge in [0.05, 0.1) is 19.8 Å². The highest BCUT2D eigenvalue weighted by atomic mass is 127. The molecule has 1 aliphatic heterocycles. The normalized spacial score (nSPS) is 15.3. The minimum absolute atomic E-state index is 0. The number of methoxy groups -OCH3 is 1. The molecule has 1 aliphatic rings.